The highest BCUT2D eigenvalue weighted by molar-refractivity contribution is 6.30. The van der Waals surface area contributed by atoms with E-state index in [0.29, 0.717) is 24.7 Å². The fourth-order valence-electron chi connectivity index (χ4n) is 2.83. The van der Waals surface area contributed by atoms with Gasteiger partial charge >= 0.3 is 0 Å². The van der Waals surface area contributed by atoms with Crippen LogP contribution in [0, 0.1) is 0 Å². The van der Waals surface area contributed by atoms with Gasteiger partial charge in [-0.05, 0) is 30.7 Å². The van der Waals surface area contributed by atoms with E-state index in [4.69, 9.17) is 22.1 Å². The molecule has 3 atom stereocenters. The van der Waals surface area contributed by atoms with Crippen molar-refractivity contribution in [2.45, 2.75) is 24.6 Å². The maximum Gasteiger partial charge on any atom is 0.0812 e. The Hall–Kier alpha value is -0.770. The lowest BCUT2D eigenvalue weighted by atomic mass is 10.1. The standard InChI is InChI=1S/C12H15ClN2O/c13-8-1-3-9(4-2-8)15-10-5-12(16-7-10)11(15)6-14/h1-4,10-12H,5-7,14H2. The Morgan fingerprint density at radius 1 is 1.38 bits per heavy atom. The first-order valence-electron chi connectivity index (χ1n) is 5.65. The van der Waals surface area contributed by atoms with Gasteiger partial charge in [0.1, 0.15) is 0 Å². The molecular weight excluding hydrogens is 224 g/mol. The number of anilines is 1. The second kappa shape index (κ2) is 3.91. The highest BCUT2D eigenvalue weighted by Crippen LogP contribution is 2.37. The highest BCUT2D eigenvalue weighted by Gasteiger charge is 2.46. The Morgan fingerprint density at radius 3 is 2.81 bits per heavy atom. The molecule has 3 nitrogen and oxygen atoms in total. The Bertz CT molecular complexity index is 381. The molecule has 1 aromatic rings. The van der Waals surface area contributed by atoms with Gasteiger partial charge in [0.25, 0.3) is 0 Å². The van der Waals surface area contributed by atoms with E-state index in [1.165, 1.54) is 5.69 Å². The van der Waals surface area contributed by atoms with E-state index in [1.807, 2.05) is 12.1 Å². The average Bonchev–Trinajstić information content (AvgIpc) is 2.89. The van der Waals surface area contributed by atoms with Crippen molar-refractivity contribution < 1.29 is 4.74 Å². The summed E-state index contributed by atoms with van der Waals surface area (Å²) in [6.45, 7) is 1.47. The predicted octanol–water partition coefficient (Wildman–Crippen LogP) is 1.64. The quantitative estimate of drug-likeness (QED) is 0.852. The van der Waals surface area contributed by atoms with Crippen molar-refractivity contribution in [2.24, 2.45) is 5.73 Å². The summed E-state index contributed by atoms with van der Waals surface area (Å²) in [6.07, 6.45) is 1.41. The fraction of sp³-hybridized carbons (Fsp3) is 0.500. The van der Waals surface area contributed by atoms with Gasteiger partial charge in [-0.1, -0.05) is 11.6 Å². The zero-order valence-electron chi connectivity index (χ0n) is 8.97. The number of nitrogens with two attached hydrogens (primary N) is 1. The molecular formula is C12H15ClN2O. The van der Waals surface area contributed by atoms with E-state index in [1.54, 1.807) is 0 Å². The summed E-state index contributed by atoms with van der Waals surface area (Å²) < 4.78 is 5.68. The fourth-order valence-corrected chi connectivity index (χ4v) is 2.96. The second-order valence-corrected chi connectivity index (χ2v) is 4.88. The van der Waals surface area contributed by atoms with Gasteiger partial charge < -0.3 is 15.4 Å². The Balaban J connectivity index is 1.91. The summed E-state index contributed by atoms with van der Waals surface area (Å²) >= 11 is 5.90. The minimum Gasteiger partial charge on any atom is -0.374 e. The Morgan fingerprint density at radius 2 is 2.12 bits per heavy atom. The summed E-state index contributed by atoms with van der Waals surface area (Å²) in [7, 11) is 0. The Kier molecular flexibility index (Phi) is 2.54. The molecule has 2 aliphatic heterocycles. The molecule has 2 fully saturated rings. The number of morpholine rings is 1. The van der Waals surface area contributed by atoms with E-state index >= 15 is 0 Å². The third-order valence-corrected chi connectivity index (χ3v) is 3.81. The molecule has 0 saturated carbocycles. The molecule has 1 aromatic carbocycles. The molecule has 0 amide bonds. The molecule has 3 rings (SSSR count). The van der Waals surface area contributed by atoms with Crippen LogP contribution in [-0.4, -0.2) is 31.3 Å². The van der Waals surface area contributed by atoms with Crippen LogP contribution in [-0.2, 0) is 4.74 Å². The van der Waals surface area contributed by atoms with Crippen LogP contribution in [0.1, 0.15) is 6.42 Å². The van der Waals surface area contributed by atoms with Crippen LogP contribution in [0.15, 0.2) is 24.3 Å². The molecule has 2 bridgehead atoms. The van der Waals surface area contributed by atoms with E-state index in [0.717, 1.165) is 18.1 Å². The minimum absolute atomic E-state index is 0.311. The summed E-state index contributed by atoms with van der Waals surface area (Å²) in [6, 6.07) is 8.78. The van der Waals surface area contributed by atoms with Crippen LogP contribution in [0.25, 0.3) is 0 Å². The number of benzene rings is 1. The highest BCUT2D eigenvalue weighted by atomic mass is 35.5. The molecule has 0 spiro atoms. The molecule has 16 heavy (non-hydrogen) atoms. The zero-order valence-corrected chi connectivity index (χ0v) is 9.73. The predicted molar refractivity (Wildman–Crippen MR) is 64.9 cm³/mol. The maximum absolute atomic E-state index is 5.90. The first-order chi connectivity index (χ1) is 7.79. The monoisotopic (exact) mass is 238 g/mol. The van der Waals surface area contributed by atoms with E-state index in [9.17, 15) is 0 Å². The largest absolute Gasteiger partial charge is 0.374 e. The van der Waals surface area contributed by atoms with Crippen LogP contribution >= 0.6 is 11.6 Å². The second-order valence-electron chi connectivity index (χ2n) is 4.45. The van der Waals surface area contributed by atoms with Crippen molar-refractivity contribution >= 4 is 17.3 Å². The molecule has 3 unspecified atom stereocenters. The number of rotatable bonds is 2. The number of nitrogens with zero attached hydrogens (tertiary/aromatic N) is 1. The number of ether oxygens (including phenoxy) is 1. The third-order valence-electron chi connectivity index (χ3n) is 3.55. The van der Waals surface area contributed by atoms with Gasteiger partial charge in [-0.25, -0.2) is 0 Å². The molecule has 0 radical (unpaired) electrons. The normalized spacial score (nSPS) is 32.4. The van der Waals surface area contributed by atoms with Crippen molar-refractivity contribution in [3.8, 4) is 0 Å². The lowest BCUT2D eigenvalue weighted by Gasteiger charge is -2.36. The van der Waals surface area contributed by atoms with Crippen molar-refractivity contribution in [2.75, 3.05) is 18.1 Å². The van der Waals surface area contributed by atoms with Crippen LogP contribution in [0.4, 0.5) is 5.69 Å². The SMILES string of the molecule is NCC1C2CC(CO2)N1c1ccc(Cl)cc1. The summed E-state index contributed by atoms with van der Waals surface area (Å²) in [5.41, 5.74) is 7.03. The van der Waals surface area contributed by atoms with E-state index in [2.05, 4.69) is 17.0 Å². The van der Waals surface area contributed by atoms with Gasteiger partial charge in [0, 0.05) is 17.3 Å². The molecule has 2 N–H and O–H groups in total. The molecule has 4 heteroatoms. The van der Waals surface area contributed by atoms with Crippen molar-refractivity contribution in [1.82, 2.24) is 0 Å². The molecule has 86 valence electrons. The minimum atomic E-state index is 0.311. The number of hydrogen-bond acceptors (Lipinski definition) is 3. The number of fused-ring (bicyclic) bond motifs is 2. The number of hydrogen-bond donors (Lipinski definition) is 1. The first kappa shape index (κ1) is 10.4. The lowest BCUT2D eigenvalue weighted by molar-refractivity contribution is 0.0720. The molecule has 0 aromatic heterocycles. The Labute approximate surface area is 100 Å². The lowest BCUT2D eigenvalue weighted by Crippen LogP contribution is -2.49. The topological polar surface area (TPSA) is 38.5 Å². The third kappa shape index (κ3) is 1.51. The van der Waals surface area contributed by atoms with Crippen LogP contribution in [0.2, 0.25) is 5.02 Å². The first-order valence-corrected chi connectivity index (χ1v) is 6.03. The van der Waals surface area contributed by atoms with Gasteiger partial charge in [-0.2, -0.15) is 0 Å². The molecule has 2 heterocycles. The molecule has 2 saturated heterocycles. The summed E-state index contributed by atoms with van der Waals surface area (Å²) in [5, 5.41) is 0.772. The van der Waals surface area contributed by atoms with Crippen LogP contribution in [0.3, 0.4) is 0 Å². The van der Waals surface area contributed by atoms with Crippen molar-refractivity contribution in [3.63, 3.8) is 0 Å². The summed E-state index contributed by atoms with van der Waals surface area (Å²) in [5.74, 6) is 0. The summed E-state index contributed by atoms with van der Waals surface area (Å²) in [4.78, 5) is 2.39. The van der Waals surface area contributed by atoms with Gasteiger partial charge in [0.15, 0.2) is 0 Å². The van der Waals surface area contributed by atoms with Gasteiger partial charge in [-0.15, -0.1) is 0 Å². The zero-order chi connectivity index (χ0) is 11.1. The van der Waals surface area contributed by atoms with Crippen molar-refractivity contribution in [3.05, 3.63) is 29.3 Å². The van der Waals surface area contributed by atoms with Gasteiger partial charge in [-0.3, -0.25) is 0 Å². The van der Waals surface area contributed by atoms with Crippen LogP contribution in [0.5, 0.6) is 0 Å². The molecule has 2 aliphatic rings. The van der Waals surface area contributed by atoms with E-state index in [-0.39, 0.29) is 0 Å². The van der Waals surface area contributed by atoms with Gasteiger partial charge in [0.05, 0.1) is 24.8 Å². The van der Waals surface area contributed by atoms with E-state index < -0.39 is 0 Å². The molecule has 0 aliphatic carbocycles. The van der Waals surface area contributed by atoms with Crippen molar-refractivity contribution in [1.29, 1.82) is 0 Å². The maximum atomic E-state index is 5.90. The number of halogens is 1. The van der Waals surface area contributed by atoms with Gasteiger partial charge in [0.2, 0.25) is 0 Å². The average molecular weight is 239 g/mol. The van der Waals surface area contributed by atoms with Crippen LogP contribution < -0.4 is 10.6 Å². The smallest absolute Gasteiger partial charge is 0.0812 e.